The number of aryl methyl sites for hydroxylation is 1. The van der Waals surface area contributed by atoms with E-state index in [0.717, 1.165) is 6.42 Å². The van der Waals surface area contributed by atoms with E-state index < -0.39 is 0 Å². The quantitative estimate of drug-likeness (QED) is 0.659. The third kappa shape index (κ3) is 4.47. The first-order valence-electron chi connectivity index (χ1n) is 8.16. The molecule has 0 unspecified atom stereocenters. The summed E-state index contributed by atoms with van der Waals surface area (Å²) < 4.78 is 0.397. The molecule has 1 aromatic heterocycles. The van der Waals surface area contributed by atoms with Crippen molar-refractivity contribution in [3.63, 3.8) is 0 Å². The summed E-state index contributed by atoms with van der Waals surface area (Å²) in [6.45, 7) is 2.39. The number of nitrogens with zero attached hydrogens (tertiary/aromatic N) is 1. The smallest absolute Gasteiger partial charge is 0.263 e. The summed E-state index contributed by atoms with van der Waals surface area (Å²) in [5, 5.41) is 3.00. The Bertz CT molecular complexity index is 794. The molecule has 0 aliphatic rings. The lowest BCUT2D eigenvalue weighted by molar-refractivity contribution is 0.0956. The first-order valence-corrected chi connectivity index (χ1v) is 9.35. The van der Waals surface area contributed by atoms with Crippen LogP contribution in [0.5, 0.6) is 0 Å². The average molecular weight is 371 g/mol. The van der Waals surface area contributed by atoms with E-state index in [2.05, 4.69) is 34.6 Å². The molecule has 0 bridgehead atoms. The van der Waals surface area contributed by atoms with Crippen LogP contribution in [0, 0.1) is 6.92 Å². The lowest BCUT2D eigenvalue weighted by atomic mass is 9.88. The molecule has 0 radical (unpaired) electrons. The van der Waals surface area contributed by atoms with E-state index in [1.54, 1.807) is 6.92 Å². The number of carbonyl (C=O) groups excluding carboxylic acids is 1. The van der Waals surface area contributed by atoms with Crippen molar-refractivity contribution >= 4 is 28.8 Å². The van der Waals surface area contributed by atoms with E-state index in [4.69, 9.17) is 11.6 Å². The molecule has 0 aliphatic carbocycles. The van der Waals surface area contributed by atoms with Crippen LogP contribution in [0.25, 0.3) is 0 Å². The van der Waals surface area contributed by atoms with Gasteiger partial charge in [0.2, 0.25) is 0 Å². The number of thiazole rings is 1. The predicted molar refractivity (Wildman–Crippen MR) is 104 cm³/mol. The third-order valence-corrected chi connectivity index (χ3v) is 5.36. The molecule has 1 amide bonds. The zero-order chi connectivity index (χ0) is 17.6. The standard InChI is InChI=1S/C20H19ClN2OS/c1-14-18(25-20(21)23-14)19(24)22-13-12-17(15-8-4-2-5-9-15)16-10-6-3-7-11-16/h2-11,17H,12-13H2,1H3,(H,22,24). The second-order valence-corrected chi connectivity index (χ2v) is 7.38. The van der Waals surface area contributed by atoms with Crippen LogP contribution in [0.3, 0.4) is 0 Å². The number of halogens is 1. The first kappa shape index (κ1) is 17.6. The minimum atomic E-state index is -0.109. The van der Waals surface area contributed by atoms with E-state index >= 15 is 0 Å². The second-order valence-electron chi connectivity index (χ2n) is 5.80. The summed E-state index contributed by atoms with van der Waals surface area (Å²) in [6.07, 6.45) is 0.825. The molecule has 0 saturated heterocycles. The van der Waals surface area contributed by atoms with Crippen LogP contribution in [-0.2, 0) is 0 Å². The van der Waals surface area contributed by atoms with Crippen molar-refractivity contribution in [1.82, 2.24) is 10.3 Å². The molecule has 5 heteroatoms. The van der Waals surface area contributed by atoms with Gasteiger partial charge in [-0.15, -0.1) is 0 Å². The van der Waals surface area contributed by atoms with Gasteiger partial charge in [0.05, 0.1) is 5.69 Å². The van der Waals surface area contributed by atoms with Gasteiger partial charge in [-0.05, 0) is 24.5 Å². The Balaban J connectivity index is 1.69. The van der Waals surface area contributed by atoms with E-state index in [0.29, 0.717) is 21.6 Å². The summed E-state index contributed by atoms with van der Waals surface area (Å²) in [6, 6.07) is 20.8. The molecule has 3 aromatic rings. The minimum Gasteiger partial charge on any atom is -0.351 e. The van der Waals surface area contributed by atoms with Crippen molar-refractivity contribution in [3.05, 3.63) is 86.8 Å². The molecule has 128 valence electrons. The van der Waals surface area contributed by atoms with Crippen LogP contribution in [0.15, 0.2) is 60.7 Å². The van der Waals surface area contributed by atoms with Gasteiger partial charge in [-0.25, -0.2) is 4.98 Å². The number of aromatic nitrogens is 1. The van der Waals surface area contributed by atoms with Gasteiger partial charge in [0, 0.05) is 12.5 Å². The summed E-state index contributed by atoms with van der Waals surface area (Å²) in [4.78, 5) is 17.0. The highest BCUT2D eigenvalue weighted by atomic mass is 35.5. The number of carbonyl (C=O) groups is 1. The largest absolute Gasteiger partial charge is 0.351 e. The molecule has 0 saturated carbocycles. The van der Waals surface area contributed by atoms with E-state index in [1.165, 1.54) is 22.5 Å². The molecular formula is C20H19ClN2OS. The summed E-state index contributed by atoms with van der Waals surface area (Å²) >= 11 is 7.10. The zero-order valence-electron chi connectivity index (χ0n) is 13.9. The van der Waals surface area contributed by atoms with E-state index in [-0.39, 0.29) is 11.8 Å². The molecule has 25 heavy (non-hydrogen) atoms. The molecule has 1 N–H and O–H groups in total. The first-order chi connectivity index (χ1) is 12.1. The number of hydrogen-bond donors (Lipinski definition) is 1. The molecule has 0 spiro atoms. The van der Waals surface area contributed by atoms with Crippen molar-refractivity contribution < 1.29 is 4.79 Å². The highest BCUT2D eigenvalue weighted by molar-refractivity contribution is 7.17. The number of nitrogens with one attached hydrogen (secondary N) is 1. The Labute approximate surface area is 156 Å². The number of amides is 1. The Morgan fingerprint density at radius 2 is 1.64 bits per heavy atom. The Kier molecular flexibility index (Phi) is 5.84. The highest BCUT2D eigenvalue weighted by Gasteiger charge is 2.17. The van der Waals surface area contributed by atoms with Crippen molar-refractivity contribution in [3.8, 4) is 0 Å². The van der Waals surface area contributed by atoms with Crippen LogP contribution in [-0.4, -0.2) is 17.4 Å². The maximum Gasteiger partial charge on any atom is 0.263 e. The zero-order valence-corrected chi connectivity index (χ0v) is 15.5. The molecule has 3 rings (SSSR count). The summed E-state index contributed by atoms with van der Waals surface area (Å²) in [5.41, 5.74) is 3.18. The number of benzene rings is 2. The van der Waals surface area contributed by atoms with Crippen LogP contribution in [0.1, 0.15) is 38.8 Å². The normalized spacial score (nSPS) is 10.8. The van der Waals surface area contributed by atoms with Crippen molar-refractivity contribution in [1.29, 1.82) is 0 Å². The Morgan fingerprint density at radius 1 is 1.08 bits per heavy atom. The molecular weight excluding hydrogens is 352 g/mol. The van der Waals surface area contributed by atoms with E-state index in [1.807, 2.05) is 36.4 Å². The van der Waals surface area contributed by atoms with Gasteiger partial charge in [0.15, 0.2) is 4.47 Å². The Hall–Kier alpha value is -2.17. The topological polar surface area (TPSA) is 42.0 Å². The van der Waals surface area contributed by atoms with Gasteiger partial charge in [-0.2, -0.15) is 0 Å². The Morgan fingerprint density at radius 3 is 2.12 bits per heavy atom. The van der Waals surface area contributed by atoms with Crippen LogP contribution >= 0.6 is 22.9 Å². The lowest BCUT2D eigenvalue weighted by Gasteiger charge is -2.18. The molecule has 3 nitrogen and oxygen atoms in total. The fraction of sp³-hybridized carbons (Fsp3) is 0.200. The maximum absolute atomic E-state index is 12.3. The third-order valence-electron chi connectivity index (χ3n) is 4.10. The molecule has 0 fully saturated rings. The van der Waals surface area contributed by atoms with Gasteiger partial charge in [-0.3, -0.25) is 4.79 Å². The molecule has 0 atom stereocenters. The van der Waals surface area contributed by atoms with Gasteiger partial charge in [0.25, 0.3) is 5.91 Å². The van der Waals surface area contributed by atoms with E-state index in [9.17, 15) is 4.79 Å². The number of rotatable bonds is 6. The second kappa shape index (κ2) is 8.28. The lowest BCUT2D eigenvalue weighted by Crippen LogP contribution is -2.25. The molecule has 2 aromatic carbocycles. The van der Waals surface area contributed by atoms with Crippen molar-refractivity contribution in [2.24, 2.45) is 0 Å². The summed E-state index contributed by atoms with van der Waals surface area (Å²) in [5.74, 6) is 0.135. The summed E-state index contributed by atoms with van der Waals surface area (Å²) in [7, 11) is 0. The van der Waals surface area contributed by atoms with Gasteiger partial charge >= 0.3 is 0 Å². The van der Waals surface area contributed by atoms with Crippen LogP contribution in [0.2, 0.25) is 4.47 Å². The van der Waals surface area contributed by atoms with Crippen molar-refractivity contribution in [2.45, 2.75) is 19.3 Å². The van der Waals surface area contributed by atoms with Crippen LogP contribution in [0.4, 0.5) is 0 Å². The minimum absolute atomic E-state index is 0.109. The van der Waals surface area contributed by atoms with Gasteiger partial charge in [0.1, 0.15) is 4.88 Å². The fourth-order valence-electron chi connectivity index (χ4n) is 2.88. The number of hydrogen-bond acceptors (Lipinski definition) is 3. The fourth-order valence-corrected chi connectivity index (χ4v) is 3.95. The maximum atomic E-state index is 12.3. The average Bonchev–Trinajstić information content (AvgIpc) is 2.98. The van der Waals surface area contributed by atoms with Crippen LogP contribution < -0.4 is 5.32 Å². The molecule has 0 aliphatic heterocycles. The SMILES string of the molecule is Cc1nc(Cl)sc1C(=O)NCCC(c1ccccc1)c1ccccc1. The van der Waals surface area contributed by atoms with Gasteiger partial charge in [-0.1, -0.05) is 83.6 Å². The van der Waals surface area contributed by atoms with Crippen molar-refractivity contribution in [2.75, 3.05) is 6.54 Å². The van der Waals surface area contributed by atoms with Gasteiger partial charge < -0.3 is 5.32 Å². The monoisotopic (exact) mass is 370 g/mol. The predicted octanol–water partition coefficient (Wildman–Crippen LogP) is 5.06. The molecule has 1 heterocycles. The highest BCUT2D eigenvalue weighted by Crippen LogP contribution is 2.27.